The van der Waals surface area contributed by atoms with E-state index in [9.17, 15) is 0 Å². The number of aromatic nitrogens is 2. The molecule has 0 amide bonds. The van der Waals surface area contributed by atoms with Crippen molar-refractivity contribution in [3.8, 4) is 0 Å². The molecule has 0 unspecified atom stereocenters. The lowest BCUT2D eigenvalue weighted by atomic mass is 9.90. The van der Waals surface area contributed by atoms with E-state index < -0.39 is 0 Å². The number of ether oxygens (including phenoxy) is 1. The van der Waals surface area contributed by atoms with Crippen LogP contribution in [0.15, 0.2) is 30.7 Å². The molecule has 0 bridgehead atoms. The lowest BCUT2D eigenvalue weighted by Gasteiger charge is -2.39. The fourth-order valence-corrected chi connectivity index (χ4v) is 4.30. The van der Waals surface area contributed by atoms with E-state index in [2.05, 4.69) is 20.2 Å². The van der Waals surface area contributed by atoms with Crippen molar-refractivity contribution in [1.82, 2.24) is 14.9 Å². The van der Waals surface area contributed by atoms with Gasteiger partial charge in [0.15, 0.2) is 0 Å². The van der Waals surface area contributed by atoms with Crippen LogP contribution >= 0.6 is 0 Å². The van der Waals surface area contributed by atoms with Crippen molar-refractivity contribution < 1.29 is 4.74 Å². The van der Waals surface area contributed by atoms with Gasteiger partial charge >= 0.3 is 0 Å². The molecule has 0 spiro atoms. The standard InChI is InChI=1S/C21H28N6O/c22-12-16(13-23)15-1-6-20-19(11-15)21(25-14-24-20)26-17-2-4-18(5-3-17)27-7-9-28-10-8-27/h1,6,11-14,17-18,22H,2-5,7-10,23H2,(H,24,25,26). The first kappa shape index (κ1) is 18.8. The number of nitrogens with two attached hydrogens (primary N) is 1. The molecule has 2 aromatic rings. The number of rotatable bonds is 5. The normalized spacial score (nSPS) is 24.2. The van der Waals surface area contributed by atoms with E-state index in [0.717, 1.165) is 61.4 Å². The van der Waals surface area contributed by atoms with Gasteiger partial charge in [0, 0.05) is 48.5 Å². The summed E-state index contributed by atoms with van der Waals surface area (Å²) in [6.45, 7) is 3.85. The number of fused-ring (bicyclic) bond motifs is 1. The number of morpholine rings is 1. The first-order chi connectivity index (χ1) is 13.8. The van der Waals surface area contributed by atoms with E-state index >= 15 is 0 Å². The summed E-state index contributed by atoms with van der Waals surface area (Å²) >= 11 is 0. The molecule has 2 fully saturated rings. The summed E-state index contributed by atoms with van der Waals surface area (Å²) in [5.41, 5.74) is 8.13. The van der Waals surface area contributed by atoms with E-state index in [0.29, 0.717) is 17.7 Å². The van der Waals surface area contributed by atoms with E-state index in [4.69, 9.17) is 15.9 Å². The van der Waals surface area contributed by atoms with Crippen LogP contribution in [0.2, 0.25) is 0 Å². The highest BCUT2D eigenvalue weighted by molar-refractivity contribution is 6.09. The molecule has 1 aliphatic heterocycles. The van der Waals surface area contributed by atoms with Crippen LogP contribution in [0.3, 0.4) is 0 Å². The Morgan fingerprint density at radius 3 is 2.68 bits per heavy atom. The van der Waals surface area contributed by atoms with Gasteiger partial charge < -0.3 is 21.2 Å². The molecule has 28 heavy (non-hydrogen) atoms. The summed E-state index contributed by atoms with van der Waals surface area (Å²) in [5.74, 6) is 0.864. The van der Waals surface area contributed by atoms with E-state index in [1.807, 2.05) is 18.2 Å². The summed E-state index contributed by atoms with van der Waals surface area (Å²) < 4.78 is 5.48. The number of hydrogen-bond acceptors (Lipinski definition) is 7. The van der Waals surface area contributed by atoms with Gasteiger partial charge in [-0.25, -0.2) is 9.97 Å². The summed E-state index contributed by atoms with van der Waals surface area (Å²) in [6.07, 6.45) is 9.03. The minimum absolute atomic E-state index is 0.423. The van der Waals surface area contributed by atoms with Crippen LogP contribution in [0.5, 0.6) is 0 Å². The van der Waals surface area contributed by atoms with Gasteiger partial charge in [-0.3, -0.25) is 4.90 Å². The topological polar surface area (TPSA) is 100 Å². The van der Waals surface area contributed by atoms with Gasteiger partial charge in [-0.2, -0.15) is 0 Å². The number of anilines is 1. The predicted molar refractivity (Wildman–Crippen MR) is 113 cm³/mol. The van der Waals surface area contributed by atoms with Crippen LogP contribution in [0.25, 0.3) is 16.5 Å². The summed E-state index contributed by atoms with van der Waals surface area (Å²) in [6, 6.07) is 7.02. The minimum atomic E-state index is 0.423. The molecule has 4 rings (SSSR count). The molecule has 2 aliphatic rings. The maximum absolute atomic E-state index is 7.54. The fourth-order valence-electron chi connectivity index (χ4n) is 4.30. The third-order valence-corrected chi connectivity index (χ3v) is 5.90. The van der Waals surface area contributed by atoms with Crippen LogP contribution in [0.4, 0.5) is 5.82 Å². The van der Waals surface area contributed by atoms with Crippen LogP contribution < -0.4 is 11.1 Å². The van der Waals surface area contributed by atoms with Crippen LogP contribution in [0.1, 0.15) is 31.2 Å². The molecule has 2 heterocycles. The van der Waals surface area contributed by atoms with Crippen molar-refractivity contribution in [3.63, 3.8) is 0 Å². The second kappa shape index (κ2) is 8.67. The second-order valence-electron chi connectivity index (χ2n) is 7.52. The molecule has 1 aliphatic carbocycles. The quantitative estimate of drug-likeness (QED) is 0.690. The first-order valence-electron chi connectivity index (χ1n) is 10.0. The summed E-state index contributed by atoms with van der Waals surface area (Å²) in [4.78, 5) is 11.5. The Morgan fingerprint density at radius 2 is 1.96 bits per heavy atom. The van der Waals surface area contributed by atoms with Gasteiger partial charge in [-0.05, 0) is 43.4 Å². The van der Waals surface area contributed by atoms with Crippen LogP contribution in [0, 0.1) is 5.41 Å². The second-order valence-corrected chi connectivity index (χ2v) is 7.52. The van der Waals surface area contributed by atoms with Crippen molar-refractivity contribution in [2.24, 2.45) is 5.73 Å². The third kappa shape index (κ3) is 4.00. The van der Waals surface area contributed by atoms with Crippen molar-refractivity contribution >= 4 is 28.5 Å². The minimum Gasteiger partial charge on any atom is -0.404 e. The predicted octanol–water partition coefficient (Wildman–Crippen LogP) is 2.63. The molecule has 0 atom stereocenters. The molecule has 1 aromatic carbocycles. The van der Waals surface area contributed by atoms with Crippen molar-refractivity contribution in [2.75, 3.05) is 31.6 Å². The summed E-state index contributed by atoms with van der Waals surface area (Å²) in [7, 11) is 0. The van der Waals surface area contributed by atoms with Gasteiger partial charge in [-0.1, -0.05) is 6.07 Å². The lowest BCUT2D eigenvalue weighted by Crippen LogP contribution is -2.46. The average molecular weight is 380 g/mol. The molecule has 4 N–H and O–H groups in total. The molecular formula is C21H28N6O. The molecule has 7 nitrogen and oxygen atoms in total. The highest BCUT2D eigenvalue weighted by Gasteiger charge is 2.27. The van der Waals surface area contributed by atoms with Gasteiger partial charge in [0.2, 0.25) is 0 Å². The van der Waals surface area contributed by atoms with Crippen LogP contribution in [-0.2, 0) is 4.74 Å². The van der Waals surface area contributed by atoms with Gasteiger partial charge in [0.1, 0.15) is 12.1 Å². The number of benzene rings is 1. The molecular weight excluding hydrogens is 352 g/mol. The first-order valence-corrected chi connectivity index (χ1v) is 10.0. The fraction of sp³-hybridized carbons (Fsp3) is 0.476. The number of allylic oxidation sites excluding steroid dienone is 1. The third-order valence-electron chi connectivity index (χ3n) is 5.90. The lowest BCUT2D eigenvalue weighted by molar-refractivity contribution is 0.00791. The van der Waals surface area contributed by atoms with E-state index in [1.54, 1.807) is 6.33 Å². The molecule has 0 radical (unpaired) electrons. The largest absolute Gasteiger partial charge is 0.404 e. The Kier molecular flexibility index (Phi) is 5.83. The van der Waals surface area contributed by atoms with Gasteiger partial charge in [0.25, 0.3) is 0 Å². The molecule has 1 aromatic heterocycles. The van der Waals surface area contributed by atoms with Crippen LogP contribution in [-0.4, -0.2) is 59.5 Å². The maximum Gasteiger partial charge on any atom is 0.137 e. The Morgan fingerprint density at radius 1 is 1.18 bits per heavy atom. The monoisotopic (exact) mass is 380 g/mol. The molecule has 7 heteroatoms. The zero-order chi connectivity index (χ0) is 19.3. The molecule has 1 saturated heterocycles. The zero-order valence-corrected chi connectivity index (χ0v) is 16.1. The number of nitrogens with zero attached hydrogens (tertiary/aromatic N) is 3. The van der Waals surface area contributed by atoms with Gasteiger partial charge in [0.05, 0.1) is 18.7 Å². The Balaban J connectivity index is 1.47. The Hall–Kier alpha value is -2.51. The zero-order valence-electron chi connectivity index (χ0n) is 16.1. The molecule has 148 valence electrons. The average Bonchev–Trinajstić information content (AvgIpc) is 2.76. The molecule has 1 saturated carbocycles. The highest BCUT2D eigenvalue weighted by atomic mass is 16.5. The number of hydrogen-bond donors (Lipinski definition) is 3. The van der Waals surface area contributed by atoms with Crippen molar-refractivity contribution in [3.05, 3.63) is 36.3 Å². The SMILES string of the molecule is N=CC(=CN)c1ccc2ncnc(NC3CCC(N4CCOCC4)CC3)c2c1. The summed E-state index contributed by atoms with van der Waals surface area (Å²) in [5, 5.41) is 12.2. The van der Waals surface area contributed by atoms with E-state index in [-0.39, 0.29) is 0 Å². The highest BCUT2D eigenvalue weighted by Crippen LogP contribution is 2.29. The van der Waals surface area contributed by atoms with E-state index in [1.165, 1.54) is 25.3 Å². The Bertz CT molecular complexity index is 853. The Labute approximate surface area is 165 Å². The smallest absolute Gasteiger partial charge is 0.137 e. The van der Waals surface area contributed by atoms with Crippen molar-refractivity contribution in [1.29, 1.82) is 5.41 Å². The number of nitrogens with one attached hydrogen (secondary N) is 2. The van der Waals surface area contributed by atoms with Gasteiger partial charge in [-0.15, -0.1) is 0 Å². The maximum atomic E-state index is 7.54. The van der Waals surface area contributed by atoms with Crippen molar-refractivity contribution in [2.45, 2.75) is 37.8 Å².